The maximum atomic E-state index is 11.7. The molecule has 1 rings (SSSR count). The Hall–Kier alpha value is -1.97. The zero-order valence-corrected chi connectivity index (χ0v) is 8.84. The van der Waals surface area contributed by atoms with Crippen molar-refractivity contribution in [3.05, 3.63) is 35.4 Å². The zero-order valence-electron chi connectivity index (χ0n) is 8.84. The molecule has 1 atom stereocenters. The lowest BCUT2D eigenvalue weighted by molar-refractivity contribution is -0.140. The van der Waals surface area contributed by atoms with E-state index in [4.69, 9.17) is 5.11 Å². The van der Waals surface area contributed by atoms with Gasteiger partial charge in [0.2, 0.25) is 0 Å². The third-order valence-corrected chi connectivity index (χ3v) is 2.28. The highest BCUT2D eigenvalue weighted by molar-refractivity contribution is 6.09. The van der Waals surface area contributed by atoms with Gasteiger partial charge >= 0.3 is 5.97 Å². The van der Waals surface area contributed by atoms with Crippen molar-refractivity contribution in [3.8, 4) is 0 Å². The fourth-order valence-electron chi connectivity index (χ4n) is 1.34. The number of aryl methyl sites for hydroxylation is 1. The topological polar surface area (TPSA) is 71.4 Å². The second-order valence-corrected chi connectivity index (χ2v) is 3.52. The van der Waals surface area contributed by atoms with Crippen LogP contribution in [-0.2, 0) is 9.59 Å². The van der Waals surface area contributed by atoms with E-state index in [9.17, 15) is 14.4 Å². The molecule has 0 saturated carbocycles. The van der Waals surface area contributed by atoms with Crippen molar-refractivity contribution < 1.29 is 19.5 Å². The molecule has 4 nitrogen and oxygen atoms in total. The lowest BCUT2D eigenvalue weighted by atomic mass is 9.95. The number of hydrogen-bond donors (Lipinski definition) is 1. The van der Waals surface area contributed by atoms with Gasteiger partial charge in [0.25, 0.3) is 0 Å². The summed E-state index contributed by atoms with van der Waals surface area (Å²) in [5.41, 5.74) is 1.30. The number of aldehydes is 1. The van der Waals surface area contributed by atoms with Crippen molar-refractivity contribution in [1.29, 1.82) is 0 Å². The van der Waals surface area contributed by atoms with Gasteiger partial charge in [-0.15, -0.1) is 0 Å². The molecule has 0 heterocycles. The van der Waals surface area contributed by atoms with Crippen LogP contribution >= 0.6 is 0 Å². The Balaban J connectivity index is 2.94. The number of rotatable bonds is 5. The number of aliphatic carboxylic acids is 1. The number of benzene rings is 1. The largest absolute Gasteiger partial charge is 0.481 e. The van der Waals surface area contributed by atoms with E-state index >= 15 is 0 Å². The second-order valence-electron chi connectivity index (χ2n) is 3.52. The molecule has 1 unspecified atom stereocenters. The highest BCUT2D eigenvalue weighted by Gasteiger charge is 2.26. The molecular weight excluding hydrogens is 208 g/mol. The van der Waals surface area contributed by atoms with E-state index in [1.54, 1.807) is 24.3 Å². The first-order chi connectivity index (χ1) is 7.56. The van der Waals surface area contributed by atoms with Crippen molar-refractivity contribution in [2.45, 2.75) is 13.3 Å². The average molecular weight is 220 g/mol. The molecule has 0 aromatic heterocycles. The molecule has 0 saturated heterocycles. The van der Waals surface area contributed by atoms with Gasteiger partial charge in [0.15, 0.2) is 5.78 Å². The minimum absolute atomic E-state index is 0.290. The van der Waals surface area contributed by atoms with E-state index in [1.165, 1.54) is 0 Å². The van der Waals surface area contributed by atoms with Crippen LogP contribution in [0, 0.1) is 12.8 Å². The maximum absolute atomic E-state index is 11.7. The van der Waals surface area contributed by atoms with Crippen LogP contribution in [0.5, 0.6) is 0 Å². The van der Waals surface area contributed by atoms with E-state index < -0.39 is 17.7 Å². The summed E-state index contributed by atoms with van der Waals surface area (Å²) in [5.74, 6) is -3.07. The molecule has 16 heavy (non-hydrogen) atoms. The van der Waals surface area contributed by atoms with Gasteiger partial charge in [-0.05, 0) is 6.92 Å². The first-order valence-corrected chi connectivity index (χ1v) is 4.83. The summed E-state index contributed by atoms with van der Waals surface area (Å²) in [5, 5.41) is 8.81. The number of carboxylic acid groups (broad SMARTS) is 1. The Bertz CT molecular complexity index is 406. The molecule has 0 radical (unpaired) electrons. The van der Waals surface area contributed by atoms with Crippen molar-refractivity contribution in [2.75, 3.05) is 0 Å². The van der Waals surface area contributed by atoms with Gasteiger partial charge in [0.1, 0.15) is 12.2 Å². The van der Waals surface area contributed by atoms with Crippen molar-refractivity contribution >= 4 is 18.0 Å². The molecule has 0 amide bonds. The van der Waals surface area contributed by atoms with Crippen LogP contribution in [0.1, 0.15) is 22.3 Å². The number of carbonyl (C=O) groups excluding carboxylic acids is 2. The second kappa shape index (κ2) is 5.21. The first kappa shape index (κ1) is 12.1. The highest BCUT2D eigenvalue weighted by atomic mass is 16.4. The lowest BCUT2D eigenvalue weighted by Gasteiger charge is -2.07. The molecule has 0 bridgehead atoms. The average Bonchev–Trinajstić information content (AvgIpc) is 2.25. The lowest BCUT2D eigenvalue weighted by Crippen LogP contribution is -2.24. The zero-order chi connectivity index (χ0) is 12.1. The Labute approximate surface area is 92.9 Å². The number of carbonyl (C=O) groups is 3. The third-order valence-electron chi connectivity index (χ3n) is 2.28. The SMILES string of the molecule is Cc1ccc(C(=O)C(CC=O)C(=O)O)cc1. The summed E-state index contributed by atoms with van der Waals surface area (Å²) < 4.78 is 0. The predicted molar refractivity (Wildman–Crippen MR) is 57.3 cm³/mol. The van der Waals surface area contributed by atoms with Gasteiger partial charge in [0, 0.05) is 12.0 Å². The van der Waals surface area contributed by atoms with Gasteiger partial charge in [-0.2, -0.15) is 0 Å². The molecule has 0 spiro atoms. The van der Waals surface area contributed by atoms with Crippen LogP contribution in [0.15, 0.2) is 24.3 Å². The molecule has 0 aliphatic heterocycles. The molecule has 0 aliphatic carbocycles. The summed E-state index contributed by atoms with van der Waals surface area (Å²) >= 11 is 0. The van der Waals surface area contributed by atoms with Crippen LogP contribution in [-0.4, -0.2) is 23.1 Å². The van der Waals surface area contributed by atoms with E-state index in [-0.39, 0.29) is 6.42 Å². The monoisotopic (exact) mass is 220 g/mol. The number of hydrogen-bond acceptors (Lipinski definition) is 3. The van der Waals surface area contributed by atoms with Crippen LogP contribution in [0.3, 0.4) is 0 Å². The maximum Gasteiger partial charge on any atom is 0.314 e. The van der Waals surface area contributed by atoms with Gasteiger partial charge in [-0.3, -0.25) is 9.59 Å². The predicted octanol–water partition coefficient (Wildman–Crippen LogP) is 1.47. The van der Waals surface area contributed by atoms with Crippen LogP contribution < -0.4 is 0 Å². The molecule has 0 aliphatic rings. The van der Waals surface area contributed by atoms with Gasteiger partial charge in [-0.1, -0.05) is 29.8 Å². The summed E-state index contributed by atoms with van der Waals surface area (Å²) in [7, 11) is 0. The molecule has 84 valence electrons. The summed E-state index contributed by atoms with van der Waals surface area (Å²) in [6.07, 6.45) is 0.160. The normalized spacial score (nSPS) is 11.8. The molecule has 1 aromatic rings. The first-order valence-electron chi connectivity index (χ1n) is 4.83. The Morgan fingerprint density at radius 2 is 1.88 bits per heavy atom. The fraction of sp³-hybridized carbons (Fsp3) is 0.250. The van der Waals surface area contributed by atoms with E-state index in [0.717, 1.165) is 5.56 Å². The minimum Gasteiger partial charge on any atom is -0.481 e. The van der Waals surface area contributed by atoms with Crippen LogP contribution in [0.2, 0.25) is 0 Å². The fourth-order valence-corrected chi connectivity index (χ4v) is 1.34. The molecule has 4 heteroatoms. The van der Waals surface area contributed by atoms with Gasteiger partial charge in [0.05, 0.1) is 0 Å². The summed E-state index contributed by atoms with van der Waals surface area (Å²) in [6, 6.07) is 6.59. The van der Waals surface area contributed by atoms with Crippen molar-refractivity contribution in [2.24, 2.45) is 5.92 Å². The van der Waals surface area contributed by atoms with E-state index in [1.807, 2.05) is 6.92 Å². The Kier molecular flexibility index (Phi) is 3.94. The highest BCUT2D eigenvalue weighted by Crippen LogP contribution is 2.13. The summed E-state index contributed by atoms with van der Waals surface area (Å²) in [4.78, 5) is 32.8. The molecule has 0 fully saturated rings. The van der Waals surface area contributed by atoms with Crippen LogP contribution in [0.4, 0.5) is 0 Å². The number of Topliss-reactive ketones (excluding diaryl/α,β-unsaturated/α-hetero) is 1. The number of ketones is 1. The standard InChI is InChI=1S/C12H12O4/c1-8-2-4-9(5-3-8)11(14)10(6-7-13)12(15)16/h2-5,7,10H,6H2,1H3,(H,15,16). The van der Waals surface area contributed by atoms with E-state index in [0.29, 0.717) is 11.8 Å². The molecule has 1 aromatic carbocycles. The van der Waals surface area contributed by atoms with Crippen molar-refractivity contribution in [1.82, 2.24) is 0 Å². The van der Waals surface area contributed by atoms with Gasteiger partial charge < -0.3 is 9.90 Å². The van der Waals surface area contributed by atoms with Gasteiger partial charge in [-0.25, -0.2) is 0 Å². The minimum atomic E-state index is -1.28. The quantitative estimate of drug-likeness (QED) is 0.463. The van der Waals surface area contributed by atoms with E-state index in [2.05, 4.69) is 0 Å². The Morgan fingerprint density at radius 1 is 1.31 bits per heavy atom. The smallest absolute Gasteiger partial charge is 0.314 e. The Morgan fingerprint density at radius 3 is 2.31 bits per heavy atom. The summed E-state index contributed by atoms with van der Waals surface area (Å²) in [6.45, 7) is 1.87. The third kappa shape index (κ3) is 2.76. The molecule has 1 N–H and O–H groups in total. The molecular formula is C12H12O4. The van der Waals surface area contributed by atoms with Crippen LogP contribution in [0.25, 0.3) is 0 Å². The number of carboxylic acids is 1. The van der Waals surface area contributed by atoms with Crippen molar-refractivity contribution in [3.63, 3.8) is 0 Å².